The van der Waals surface area contributed by atoms with Gasteiger partial charge < -0.3 is 9.47 Å². The third-order valence-electron chi connectivity index (χ3n) is 3.35. The number of thioether (sulfide) groups is 4. The van der Waals surface area contributed by atoms with Crippen molar-refractivity contribution in [3.05, 3.63) is 0 Å². The average Bonchev–Trinajstić information content (AvgIpc) is 3.32. The Morgan fingerprint density at radius 1 is 1.00 bits per heavy atom. The molecule has 0 aromatic heterocycles. The first-order chi connectivity index (χ1) is 9.39. The lowest BCUT2D eigenvalue weighted by Gasteiger charge is -2.30. The zero-order chi connectivity index (χ0) is 14.7. The van der Waals surface area contributed by atoms with Gasteiger partial charge in [0.05, 0.1) is 13.2 Å². The van der Waals surface area contributed by atoms with Gasteiger partial charge in [-0.05, 0) is 26.5 Å². The SMILES string of the molecule is CCSCCSC(C)(CSC1(C)CO1)CSC1(C)CO1. The van der Waals surface area contributed by atoms with Gasteiger partial charge in [-0.1, -0.05) is 6.92 Å². The molecule has 0 aromatic carbocycles. The van der Waals surface area contributed by atoms with Gasteiger partial charge in [0.1, 0.15) is 9.87 Å². The summed E-state index contributed by atoms with van der Waals surface area (Å²) in [5.41, 5.74) is 0. The van der Waals surface area contributed by atoms with Crippen LogP contribution in [0.4, 0.5) is 0 Å². The summed E-state index contributed by atoms with van der Waals surface area (Å²) in [7, 11) is 0. The molecule has 2 nitrogen and oxygen atoms in total. The molecule has 0 aliphatic carbocycles. The van der Waals surface area contributed by atoms with E-state index < -0.39 is 0 Å². The Morgan fingerprint density at radius 3 is 1.90 bits per heavy atom. The molecule has 2 aliphatic heterocycles. The highest BCUT2D eigenvalue weighted by atomic mass is 32.2. The normalized spacial score (nSPS) is 34.8. The number of hydrogen-bond acceptors (Lipinski definition) is 6. The minimum Gasteiger partial charge on any atom is -0.358 e. The van der Waals surface area contributed by atoms with Crippen molar-refractivity contribution >= 4 is 47.0 Å². The molecule has 2 aliphatic rings. The maximum Gasteiger partial charge on any atom is 0.134 e. The molecule has 0 aromatic rings. The van der Waals surface area contributed by atoms with Crippen LogP contribution in [0.3, 0.4) is 0 Å². The Balaban J connectivity index is 1.76. The first-order valence-electron chi connectivity index (χ1n) is 7.16. The van der Waals surface area contributed by atoms with E-state index in [1.165, 1.54) is 17.3 Å². The van der Waals surface area contributed by atoms with Gasteiger partial charge in [0.15, 0.2) is 0 Å². The number of rotatable bonds is 11. The van der Waals surface area contributed by atoms with Crippen LogP contribution < -0.4 is 0 Å². The van der Waals surface area contributed by atoms with Crippen molar-refractivity contribution in [3.8, 4) is 0 Å². The molecule has 0 amide bonds. The molecule has 2 rings (SSSR count). The molecule has 2 unspecified atom stereocenters. The van der Waals surface area contributed by atoms with Crippen molar-refractivity contribution in [2.24, 2.45) is 0 Å². The fraction of sp³-hybridized carbons (Fsp3) is 1.00. The lowest BCUT2D eigenvalue weighted by Crippen LogP contribution is -2.30. The van der Waals surface area contributed by atoms with E-state index >= 15 is 0 Å². The zero-order valence-electron chi connectivity index (χ0n) is 12.9. The standard InChI is InChI=1S/C14H26O2S4/c1-5-17-6-7-18-12(2,10-19-13(3)8-15-13)11-20-14(4)9-16-14/h5-11H2,1-4H3. The monoisotopic (exact) mass is 354 g/mol. The predicted molar refractivity (Wildman–Crippen MR) is 97.5 cm³/mol. The molecule has 0 spiro atoms. The Labute approximate surface area is 140 Å². The second kappa shape index (κ2) is 7.26. The fourth-order valence-corrected chi connectivity index (χ4v) is 6.21. The first kappa shape index (κ1) is 17.7. The molecule has 2 fully saturated rings. The third-order valence-corrected chi connectivity index (χ3v) is 9.52. The van der Waals surface area contributed by atoms with E-state index in [0.29, 0.717) is 4.75 Å². The van der Waals surface area contributed by atoms with Crippen LogP contribution in [0.5, 0.6) is 0 Å². The number of hydrogen-bond donors (Lipinski definition) is 0. The Bertz CT molecular complexity index is 294. The molecule has 0 saturated carbocycles. The van der Waals surface area contributed by atoms with Crippen molar-refractivity contribution in [3.63, 3.8) is 0 Å². The van der Waals surface area contributed by atoms with E-state index in [-0.39, 0.29) is 9.87 Å². The van der Waals surface area contributed by atoms with Crippen molar-refractivity contribution in [2.75, 3.05) is 42.0 Å². The van der Waals surface area contributed by atoms with Crippen LogP contribution in [0.25, 0.3) is 0 Å². The Kier molecular flexibility index (Phi) is 6.42. The summed E-state index contributed by atoms with van der Waals surface area (Å²) in [5, 5.41) is 0. The third kappa shape index (κ3) is 6.21. The van der Waals surface area contributed by atoms with E-state index in [1.54, 1.807) is 0 Å². The first-order valence-corrected chi connectivity index (χ1v) is 11.3. The van der Waals surface area contributed by atoms with Crippen LogP contribution in [0.15, 0.2) is 0 Å². The average molecular weight is 355 g/mol. The van der Waals surface area contributed by atoms with Gasteiger partial charge in [0.2, 0.25) is 0 Å². The quantitative estimate of drug-likeness (QED) is 0.407. The highest BCUT2D eigenvalue weighted by molar-refractivity contribution is 8.07. The van der Waals surface area contributed by atoms with Crippen molar-refractivity contribution < 1.29 is 9.47 Å². The van der Waals surface area contributed by atoms with Crippen molar-refractivity contribution in [1.29, 1.82) is 0 Å². The van der Waals surface area contributed by atoms with Gasteiger partial charge in [0, 0.05) is 27.8 Å². The van der Waals surface area contributed by atoms with E-state index in [0.717, 1.165) is 24.7 Å². The highest BCUT2D eigenvalue weighted by Crippen LogP contribution is 2.47. The number of ether oxygens (including phenoxy) is 2. The van der Waals surface area contributed by atoms with Crippen LogP contribution in [0.1, 0.15) is 27.7 Å². The van der Waals surface area contributed by atoms with Gasteiger partial charge in [-0.15, -0.1) is 23.5 Å². The summed E-state index contributed by atoms with van der Waals surface area (Å²) in [4.78, 5) is 0.204. The smallest absolute Gasteiger partial charge is 0.134 e. The van der Waals surface area contributed by atoms with Crippen LogP contribution >= 0.6 is 47.0 Å². The minimum atomic E-state index is 0.102. The summed E-state index contributed by atoms with van der Waals surface area (Å²) in [6, 6.07) is 0. The van der Waals surface area contributed by atoms with Gasteiger partial charge in [-0.2, -0.15) is 23.5 Å². The highest BCUT2D eigenvalue weighted by Gasteiger charge is 2.44. The molecule has 0 bridgehead atoms. The summed E-state index contributed by atoms with van der Waals surface area (Å²) in [5.74, 6) is 6.04. The molecule has 6 heteroatoms. The maximum absolute atomic E-state index is 5.51. The van der Waals surface area contributed by atoms with Crippen molar-refractivity contribution in [1.82, 2.24) is 0 Å². The second-order valence-corrected chi connectivity index (χ2v) is 11.9. The molecule has 118 valence electrons. The topological polar surface area (TPSA) is 25.1 Å². The van der Waals surface area contributed by atoms with Gasteiger partial charge in [-0.25, -0.2) is 0 Å². The summed E-state index contributed by atoms with van der Waals surface area (Å²) < 4.78 is 11.3. The molecule has 2 atom stereocenters. The number of epoxide rings is 2. The zero-order valence-corrected chi connectivity index (χ0v) is 16.2. The lowest BCUT2D eigenvalue weighted by atomic mass is 10.2. The second-order valence-electron chi connectivity index (χ2n) is 5.92. The van der Waals surface area contributed by atoms with Crippen LogP contribution in [-0.2, 0) is 9.47 Å². The molecule has 0 N–H and O–H groups in total. The molecule has 0 radical (unpaired) electrons. The van der Waals surface area contributed by atoms with E-state index in [4.69, 9.17) is 9.47 Å². The molecular formula is C14H26O2S4. The van der Waals surface area contributed by atoms with E-state index in [1.807, 2.05) is 35.3 Å². The summed E-state index contributed by atoms with van der Waals surface area (Å²) in [6.07, 6.45) is 0. The lowest BCUT2D eigenvalue weighted by molar-refractivity contribution is 0.401. The minimum absolute atomic E-state index is 0.102. The Morgan fingerprint density at radius 2 is 1.50 bits per heavy atom. The van der Waals surface area contributed by atoms with Crippen LogP contribution in [0.2, 0.25) is 0 Å². The largest absolute Gasteiger partial charge is 0.358 e. The van der Waals surface area contributed by atoms with E-state index in [2.05, 4.69) is 39.5 Å². The van der Waals surface area contributed by atoms with Gasteiger partial charge >= 0.3 is 0 Å². The molecule has 20 heavy (non-hydrogen) atoms. The summed E-state index contributed by atoms with van der Waals surface area (Å²) in [6.45, 7) is 10.9. The fourth-order valence-electron chi connectivity index (χ4n) is 1.60. The Hall–Kier alpha value is 1.32. The molecular weight excluding hydrogens is 328 g/mol. The van der Waals surface area contributed by atoms with Gasteiger partial charge in [-0.3, -0.25) is 0 Å². The van der Waals surface area contributed by atoms with Crippen LogP contribution in [0, 0.1) is 0 Å². The van der Waals surface area contributed by atoms with Crippen molar-refractivity contribution in [2.45, 2.75) is 42.3 Å². The molecule has 2 saturated heterocycles. The maximum atomic E-state index is 5.51. The van der Waals surface area contributed by atoms with Gasteiger partial charge in [0.25, 0.3) is 0 Å². The van der Waals surface area contributed by atoms with E-state index in [9.17, 15) is 0 Å². The molecule has 2 heterocycles. The predicted octanol–water partition coefficient (Wildman–Crippen LogP) is 4.19. The van der Waals surface area contributed by atoms with Crippen LogP contribution in [-0.4, -0.2) is 56.6 Å². The summed E-state index contributed by atoms with van der Waals surface area (Å²) >= 11 is 8.13.